The van der Waals surface area contributed by atoms with Gasteiger partial charge in [0.25, 0.3) is 0 Å². The van der Waals surface area contributed by atoms with Gasteiger partial charge in [-0.15, -0.1) is 0 Å². The van der Waals surface area contributed by atoms with E-state index in [1.165, 1.54) is 11.6 Å². The lowest BCUT2D eigenvalue weighted by atomic mass is 9.79. The molecule has 2 aromatic carbocycles. The normalized spacial score (nSPS) is 22.9. The molecule has 2 aliphatic heterocycles. The van der Waals surface area contributed by atoms with E-state index in [9.17, 15) is 14.0 Å². The molecule has 176 valence electrons. The van der Waals surface area contributed by atoms with Crippen LogP contribution in [0.25, 0.3) is 11.0 Å². The van der Waals surface area contributed by atoms with Gasteiger partial charge in [-0.05, 0) is 61.1 Å². The number of carbonyl (C=O) groups is 1. The van der Waals surface area contributed by atoms with E-state index in [2.05, 4.69) is 15.2 Å². The number of halogens is 1. The van der Waals surface area contributed by atoms with E-state index in [0.717, 1.165) is 61.2 Å². The highest BCUT2D eigenvalue weighted by atomic mass is 19.1. The fourth-order valence-corrected chi connectivity index (χ4v) is 5.99. The molecule has 3 heterocycles. The first-order chi connectivity index (χ1) is 16.5. The molecule has 8 heteroatoms. The predicted molar refractivity (Wildman–Crippen MR) is 129 cm³/mol. The van der Waals surface area contributed by atoms with Crippen molar-refractivity contribution in [3.05, 3.63) is 69.9 Å². The third-order valence-corrected chi connectivity index (χ3v) is 7.61. The highest BCUT2D eigenvalue weighted by Crippen LogP contribution is 2.40. The summed E-state index contributed by atoms with van der Waals surface area (Å²) in [6.45, 7) is 1.85. The Hall–Kier alpha value is -3.26. The molecule has 0 bridgehead atoms. The molecule has 0 saturated carbocycles. The molecule has 0 spiro atoms. The largest absolute Gasteiger partial charge is 0.326 e. The Kier molecular flexibility index (Phi) is 5.32. The van der Waals surface area contributed by atoms with Gasteiger partial charge in [-0.3, -0.25) is 19.3 Å². The number of likely N-dealkylation sites (tertiary alicyclic amines) is 1. The molecule has 1 amide bonds. The molecule has 34 heavy (non-hydrogen) atoms. The number of nitrogens with one attached hydrogen (secondary N) is 2. The van der Waals surface area contributed by atoms with Crippen molar-refractivity contribution in [2.75, 3.05) is 19.6 Å². The Morgan fingerprint density at radius 1 is 1.15 bits per heavy atom. The summed E-state index contributed by atoms with van der Waals surface area (Å²) in [5.41, 5.74) is 3.97. The Bertz CT molecular complexity index is 1330. The summed E-state index contributed by atoms with van der Waals surface area (Å²) in [6.07, 6.45) is 4.07. The van der Waals surface area contributed by atoms with Gasteiger partial charge in [0.2, 0.25) is 5.91 Å². The number of hydrogen-bond donors (Lipinski definition) is 2. The molecule has 6 rings (SSSR count). The smallest absolute Gasteiger partial charge is 0.313 e. The van der Waals surface area contributed by atoms with E-state index < -0.39 is 0 Å². The van der Waals surface area contributed by atoms with E-state index in [4.69, 9.17) is 4.99 Å². The van der Waals surface area contributed by atoms with Crippen molar-refractivity contribution in [3.8, 4) is 0 Å². The lowest BCUT2D eigenvalue weighted by molar-refractivity contribution is -0.121. The number of aromatic nitrogens is 2. The number of carbonyl (C=O) groups excluding carboxylic acids is 1. The lowest BCUT2D eigenvalue weighted by Gasteiger charge is -2.32. The first-order valence-corrected chi connectivity index (χ1v) is 12.1. The third-order valence-electron chi connectivity index (χ3n) is 7.61. The van der Waals surface area contributed by atoms with E-state index >= 15 is 0 Å². The van der Waals surface area contributed by atoms with Crippen molar-refractivity contribution < 1.29 is 9.18 Å². The molecular formula is C26H28FN5O2. The number of benzene rings is 2. The number of aryl methyl sites for hydroxylation is 1. The first-order valence-electron chi connectivity index (χ1n) is 12.1. The standard InChI is InChI=1S/C26H28FN5O2/c27-17-6-7-19-16(13-17)5-8-21-20(19)14-24(28-21)30-25(33)15-31-11-9-18(10-12-31)32-23-4-2-1-3-22(23)29-26(32)34/h1-4,6-7,13,18,20-21H,5,8-12,14-15H2,(H,29,34)(H,28,30,33)/t20-,21+/m0/s1. The summed E-state index contributed by atoms with van der Waals surface area (Å²) in [5.74, 6) is 0.740. The minimum atomic E-state index is -0.192. The van der Waals surface area contributed by atoms with Gasteiger partial charge in [-0.25, -0.2) is 9.18 Å². The van der Waals surface area contributed by atoms with Crippen LogP contribution in [0.2, 0.25) is 0 Å². The number of para-hydroxylation sites is 2. The quantitative estimate of drug-likeness (QED) is 0.629. The Labute approximate surface area is 196 Å². The number of aliphatic imine (C=N–C) groups is 1. The summed E-state index contributed by atoms with van der Waals surface area (Å²) in [6, 6.07) is 13.1. The van der Waals surface area contributed by atoms with Crippen LogP contribution in [-0.4, -0.2) is 51.9 Å². The summed E-state index contributed by atoms with van der Waals surface area (Å²) in [4.78, 5) is 35.1. The number of rotatable bonds is 3. The zero-order chi connectivity index (χ0) is 23.2. The fourth-order valence-electron chi connectivity index (χ4n) is 5.99. The van der Waals surface area contributed by atoms with Crippen molar-refractivity contribution >= 4 is 22.8 Å². The summed E-state index contributed by atoms with van der Waals surface area (Å²) in [5, 5.41) is 3.03. The number of fused-ring (bicyclic) bond motifs is 4. The van der Waals surface area contributed by atoms with Crippen LogP contribution in [0.1, 0.15) is 48.8 Å². The van der Waals surface area contributed by atoms with Gasteiger partial charge in [0.05, 0.1) is 23.6 Å². The highest BCUT2D eigenvalue weighted by molar-refractivity contribution is 6.00. The van der Waals surface area contributed by atoms with Crippen LogP contribution < -0.4 is 11.0 Å². The molecule has 0 unspecified atom stereocenters. The summed E-state index contributed by atoms with van der Waals surface area (Å²) < 4.78 is 15.5. The zero-order valence-electron chi connectivity index (χ0n) is 19.0. The van der Waals surface area contributed by atoms with Gasteiger partial charge in [0.15, 0.2) is 0 Å². The van der Waals surface area contributed by atoms with Crippen LogP contribution in [0.5, 0.6) is 0 Å². The number of piperidine rings is 1. The van der Waals surface area contributed by atoms with Gasteiger partial charge in [0, 0.05) is 31.5 Å². The van der Waals surface area contributed by atoms with Crippen molar-refractivity contribution in [1.82, 2.24) is 19.8 Å². The number of amides is 1. The molecular weight excluding hydrogens is 433 g/mol. The molecule has 1 aromatic heterocycles. The monoisotopic (exact) mass is 461 g/mol. The Morgan fingerprint density at radius 3 is 2.82 bits per heavy atom. The van der Waals surface area contributed by atoms with Crippen molar-refractivity contribution in [3.63, 3.8) is 0 Å². The predicted octanol–water partition coefficient (Wildman–Crippen LogP) is 3.12. The van der Waals surface area contributed by atoms with Crippen LogP contribution in [0.3, 0.4) is 0 Å². The number of amidine groups is 1. The number of nitrogens with zero attached hydrogens (tertiary/aromatic N) is 3. The number of imidazole rings is 1. The van der Waals surface area contributed by atoms with Crippen LogP contribution in [0.15, 0.2) is 52.3 Å². The average molecular weight is 462 g/mol. The summed E-state index contributed by atoms with van der Waals surface area (Å²) >= 11 is 0. The van der Waals surface area contributed by atoms with Crippen LogP contribution >= 0.6 is 0 Å². The second-order valence-electron chi connectivity index (χ2n) is 9.71. The summed E-state index contributed by atoms with van der Waals surface area (Å²) in [7, 11) is 0. The highest BCUT2D eigenvalue weighted by Gasteiger charge is 2.36. The molecule has 3 aliphatic rings. The second kappa shape index (κ2) is 8.51. The first kappa shape index (κ1) is 21.3. The van der Waals surface area contributed by atoms with Crippen molar-refractivity contribution in [2.24, 2.45) is 4.99 Å². The van der Waals surface area contributed by atoms with Crippen LogP contribution in [0.4, 0.5) is 4.39 Å². The molecule has 1 saturated heterocycles. The fraction of sp³-hybridized carbons (Fsp3) is 0.423. The van der Waals surface area contributed by atoms with Gasteiger partial charge in [-0.2, -0.15) is 0 Å². The van der Waals surface area contributed by atoms with E-state index in [1.807, 2.05) is 34.9 Å². The van der Waals surface area contributed by atoms with Crippen LogP contribution in [-0.2, 0) is 11.2 Å². The maximum Gasteiger partial charge on any atom is 0.326 e. The maximum atomic E-state index is 13.6. The third kappa shape index (κ3) is 3.86. The van der Waals surface area contributed by atoms with Gasteiger partial charge < -0.3 is 10.3 Å². The van der Waals surface area contributed by atoms with Crippen molar-refractivity contribution in [1.29, 1.82) is 0 Å². The molecule has 7 nitrogen and oxygen atoms in total. The molecule has 0 radical (unpaired) electrons. The maximum absolute atomic E-state index is 13.6. The van der Waals surface area contributed by atoms with Gasteiger partial charge in [-0.1, -0.05) is 18.2 Å². The minimum Gasteiger partial charge on any atom is -0.313 e. The molecule has 1 fully saturated rings. The lowest BCUT2D eigenvalue weighted by Crippen LogP contribution is -2.44. The molecule has 3 aromatic rings. The van der Waals surface area contributed by atoms with E-state index in [1.54, 1.807) is 6.07 Å². The zero-order valence-corrected chi connectivity index (χ0v) is 19.0. The number of aromatic amines is 1. The average Bonchev–Trinajstić information content (AvgIpc) is 3.39. The van der Waals surface area contributed by atoms with E-state index in [-0.39, 0.29) is 35.4 Å². The second-order valence-corrected chi connectivity index (χ2v) is 9.71. The molecule has 1 aliphatic carbocycles. The molecule has 2 atom stereocenters. The SMILES string of the molecule is O=C(CN1CCC(n2c(=O)[nH]c3ccccc32)CC1)NC1=N[C@@H]2CCc3cc(F)ccc3[C@@H]2C1. The minimum absolute atomic E-state index is 0.0422. The van der Waals surface area contributed by atoms with Gasteiger partial charge >= 0.3 is 5.69 Å². The number of H-pyrrole nitrogens is 1. The van der Waals surface area contributed by atoms with E-state index in [0.29, 0.717) is 13.0 Å². The Balaban J connectivity index is 1.05. The topological polar surface area (TPSA) is 82.5 Å². The molecule has 2 N–H and O–H groups in total. The Morgan fingerprint density at radius 2 is 1.97 bits per heavy atom. The van der Waals surface area contributed by atoms with Crippen LogP contribution in [0, 0.1) is 5.82 Å². The van der Waals surface area contributed by atoms with Gasteiger partial charge in [0.1, 0.15) is 11.7 Å². The van der Waals surface area contributed by atoms with Crippen molar-refractivity contribution in [2.45, 2.75) is 50.1 Å². The number of hydrogen-bond acceptors (Lipinski definition) is 4.